The zero-order valence-electron chi connectivity index (χ0n) is 59.7. The smallest absolute Gasteiger partial charge is 0.160 e. The van der Waals surface area contributed by atoms with Crippen molar-refractivity contribution in [3.63, 3.8) is 0 Å². The predicted octanol–water partition coefficient (Wildman–Crippen LogP) is 27.1. The number of aromatic nitrogens is 6. The van der Waals surface area contributed by atoms with Crippen LogP contribution >= 0.6 is 0 Å². The van der Waals surface area contributed by atoms with Crippen LogP contribution in [0.15, 0.2) is 389 Å². The Balaban J connectivity index is 0.666. The summed E-state index contributed by atoms with van der Waals surface area (Å²) in [5.74, 6) is 1.88. The zero-order valence-corrected chi connectivity index (χ0v) is 59.7. The van der Waals surface area contributed by atoms with E-state index in [1.54, 1.807) is 0 Å². The fraction of sp³-hybridized carbons (Fsp3) is 0. The summed E-state index contributed by atoms with van der Waals surface area (Å²) in [6.45, 7) is 0. The highest BCUT2D eigenvalue weighted by Crippen LogP contribution is 2.46. The van der Waals surface area contributed by atoms with Gasteiger partial charge < -0.3 is 13.3 Å². The van der Waals surface area contributed by atoms with E-state index in [9.17, 15) is 0 Å². The Morgan fingerprint density at radius 3 is 1.16 bits per heavy atom. The molecule has 6 heterocycles. The molecule has 21 aromatic rings. The van der Waals surface area contributed by atoms with Crippen LogP contribution in [0, 0.1) is 0 Å². The molecule has 6 aromatic heterocycles. The molecule has 0 N–H and O–H groups in total. The molecule has 0 unspecified atom stereocenters. The molecule has 0 saturated carbocycles. The van der Waals surface area contributed by atoms with Crippen molar-refractivity contribution >= 4 is 65.8 Å². The van der Waals surface area contributed by atoms with Gasteiger partial charge in [-0.25, -0.2) is 29.9 Å². The Morgan fingerprint density at radius 1 is 0.153 bits per heavy atom. The van der Waals surface area contributed by atoms with Crippen molar-refractivity contribution in [2.45, 2.75) is 0 Å². The summed E-state index contributed by atoms with van der Waals surface area (Å²) in [5.41, 5.74) is 28.6. The van der Waals surface area contributed by atoms with Crippen LogP contribution < -0.4 is 0 Å². The Kier molecular flexibility index (Phi) is 15.7. The number of furan rings is 3. The van der Waals surface area contributed by atoms with E-state index in [-0.39, 0.29) is 0 Å². The van der Waals surface area contributed by atoms with E-state index < -0.39 is 0 Å². The first-order valence-corrected chi connectivity index (χ1v) is 37.2. The second-order valence-electron chi connectivity index (χ2n) is 28.0. The molecule has 0 saturated heterocycles. The molecule has 0 bridgehead atoms. The third-order valence-corrected chi connectivity index (χ3v) is 21.2. The van der Waals surface area contributed by atoms with Crippen molar-refractivity contribution in [2.24, 2.45) is 0 Å². The summed E-state index contributed by atoms with van der Waals surface area (Å²) >= 11 is 0. The number of para-hydroxylation sites is 3. The molecule has 518 valence electrons. The highest BCUT2D eigenvalue weighted by atomic mass is 16.3. The summed E-state index contributed by atoms with van der Waals surface area (Å²) in [5, 5.41) is 6.27. The van der Waals surface area contributed by atoms with Crippen LogP contribution in [-0.2, 0) is 0 Å². The largest absolute Gasteiger partial charge is 0.456 e. The number of hydrogen-bond acceptors (Lipinski definition) is 9. The minimum atomic E-state index is 0.604. The van der Waals surface area contributed by atoms with E-state index in [2.05, 4.69) is 285 Å². The Hall–Kier alpha value is -15.1. The summed E-state index contributed by atoms with van der Waals surface area (Å²) in [6, 6.07) is 131. The van der Waals surface area contributed by atoms with Gasteiger partial charge in [-0.2, -0.15) is 0 Å². The third-order valence-electron chi connectivity index (χ3n) is 21.2. The molecule has 111 heavy (non-hydrogen) atoms. The topological polar surface area (TPSA) is 117 Å². The molecule has 21 rings (SSSR count). The van der Waals surface area contributed by atoms with E-state index in [1.165, 1.54) is 0 Å². The Morgan fingerprint density at radius 2 is 0.505 bits per heavy atom. The van der Waals surface area contributed by atoms with Gasteiger partial charge in [-0.05, 0) is 135 Å². The molecule has 0 spiro atoms. The molecule has 0 aliphatic rings. The average Bonchev–Trinajstić information content (AvgIpc) is 1.66. The van der Waals surface area contributed by atoms with Gasteiger partial charge in [0.25, 0.3) is 0 Å². The van der Waals surface area contributed by atoms with Crippen LogP contribution in [0.4, 0.5) is 0 Å². The van der Waals surface area contributed by atoms with Gasteiger partial charge in [0.2, 0.25) is 0 Å². The SMILES string of the molecule is c1ccc(-c2cc(-c3ccccc3-c3ccc4oc5c(-c6cccc(-c7cc(-c8cc(-c9ccc(-c%10nc(-c%11ccccc%11)cc(-c%11ccccc%11-c%11cccc%12oc%13ccccc%13c%11%12)n%10)cc9)cc(-c9ccc%10oc%11ccccc%11c%10c9)c8)nc(-c8ccccc8)n7)c6)cccc5c4c3)nc(-c3ccccc3)n2)cc1. The van der Waals surface area contributed by atoms with E-state index >= 15 is 0 Å². The molecular formula is C102H62N6O3. The van der Waals surface area contributed by atoms with Crippen molar-refractivity contribution in [1.29, 1.82) is 0 Å². The minimum absolute atomic E-state index is 0.604. The average molecular weight is 1420 g/mol. The number of nitrogens with zero attached hydrogens (tertiary/aromatic N) is 6. The van der Waals surface area contributed by atoms with Crippen molar-refractivity contribution < 1.29 is 13.3 Å². The first-order valence-electron chi connectivity index (χ1n) is 37.2. The van der Waals surface area contributed by atoms with Gasteiger partial charge in [0.1, 0.15) is 33.5 Å². The van der Waals surface area contributed by atoms with Crippen molar-refractivity contribution in [3.05, 3.63) is 376 Å². The van der Waals surface area contributed by atoms with Gasteiger partial charge >= 0.3 is 0 Å². The van der Waals surface area contributed by atoms with Crippen LogP contribution in [0.25, 0.3) is 223 Å². The highest BCUT2D eigenvalue weighted by Gasteiger charge is 2.23. The lowest BCUT2D eigenvalue weighted by atomic mass is 9.93. The Labute approximate surface area is 638 Å². The number of benzene rings is 15. The molecule has 0 atom stereocenters. The van der Waals surface area contributed by atoms with E-state index in [0.29, 0.717) is 17.5 Å². The monoisotopic (exact) mass is 1420 g/mol. The number of fused-ring (bicyclic) bond motifs is 9. The summed E-state index contributed by atoms with van der Waals surface area (Å²) in [7, 11) is 0. The summed E-state index contributed by atoms with van der Waals surface area (Å²) < 4.78 is 19.8. The highest BCUT2D eigenvalue weighted by molar-refractivity contribution is 6.14. The molecule has 15 aromatic carbocycles. The first kappa shape index (κ1) is 64.3. The van der Waals surface area contributed by atoms with Gasteiger partial charge in [-0.3, -0.25) is 0 Å². The summed E-state index contributed by atoms with van der Waals surface area (Å²) in [6.07, 6.45) is 0. The summed E-state index contributed by atoms with van der Waals surface area (Å²) in [4.78, 5) is 32.0. The maximum absolute atomic E-state index is 6.96. The van der Waals surface area contributed by atoms with E-state index in [1.807, 2.05) is 91.0 Å². The lowest BCUT2D eigenvalue weighted by Crippen LogP contribution is -1.97. The second-order valence-corrected chi connectivity index (χ2v) is 28.0. The number of rotatable bonds is 14. The van der Waals surface area contributed by atoms with Gasteiger partial charge in [0.15, 0.2) is 17.5 Å². The third kappa shape index (κ3) is 11.9. The van der Waals surface area contributed by atoms with Crippen LogP contribution in [0.3, 0.4) is 0 Å². The van der Waals surface area contributed by atoms with E-state index in [4.69, 9.17) is 43.2 Å². The van der Waals surface area contributed by atoms with Crippen LogP contribution in [-0.4, -0.2) is 29.9 Å². The quantitative estimate of drug-likeness (QED) is 0.105. The number of hydrogen-bond donors (Lipinski definition) is 0. The second kappa shape index (κ2) is 27.1. The van der Waals surface area contributed by atoms with Gasteiger partial charge in [-0.15, -0.1) is 0 Å². The minimum Gasteiger partial charge on any atom is -0.456 e. The lowest BCUT2D eigenvalue weighted by Gasteiger charge is -2.15. The van der Waals surface area contributed by atoms with Gasteiger partial charge in [0, 0.05) is 88.0 Å². The molecule has 0 aliphatic heterocycles. The maximum Gasteiger partial charge on any atom is 0.160 e. The van der Waals surface area contributed by atoms with Crippen molar-refractivity contribution in [3.8, 4) is 157 Å². The molecule has 0 fully saturated rings. The van der Waals surface area contributed by atoms with Gasteiger partial charge in [0.05, 0.1) is 34.2 Å². The lowest BCUT2D eigenvalue weighted by molar-refractivity contribution is 0.668. The normalized spacial score (nSPS) is 11.6. The molecule has 9 nitrogen and oxygen atoms in total. The van der Waals surface area contributed by atoms with E-state index in [0.717, 1.165) is 206 Å². The van der Waals surface area contributed by atoms with Crippen molar-refractivity contribution in [2.75, 3.05) is 0 Å². The molecule has 0 aliphatic carbocycles. The first-order chi connectivity index (χ1) is 54.9. The molecule has 9 heteroatoms. The van der Waals surface area contributed by atoms with Crippen LogP contribution in [0.5, 0.6) is 0 Å². The van der Waals surface area contributed by atoms with Crippen molar-refractivity contribution in [1.82, 2.24) is 29.9 Å². The Bertz CT molecular complexity index is 7140. The van der Waals surface area contributed by atoms with Crippen LogP contribution in [0.2, 0.25) is 0 Å². The molecule has 0 radical (unpaired) electrons. The predicted molar refractivity (Wildman–Crippen MR) is 451 cm³/mol. The fourth-order valence-corrected chi connectivity index (χ4v) is 15.8. The van der Waals surface area contributed by atoms with Crippen LogP contribution in [0.1, 0.15) is 0 Å². The fourth-order valence-electron chi connectivity index (χ4n) is 15.8. The van der Waals surface area contributed by atoms with Gasteiger partial charge in [-0.1, -0.05) is 291 Å². The standard InChI is InChI=1S/C102H62N6O3/c1-5-24-64(25-6-1)87-61-91(107-101(103-87)67-30-11-4-12-31-67)79-36-15-13-34-76(79)71-51-53-96-86(59-71)83-42-22-40-77(99(83)111-96)70-32-21-33-72(54-70)89-60-90(106-100(105-89)66-28-9-3-10-29-66)75-56-73(55-74(57-75)69-50-52-95-85(58-69)81-38-17-19-43-93(81)109-95)63-46-48-68(49-47-63)102-104-88(65-26-7-2-8-27-65)62-92(108-102)80-37-16-14-35-78(80)82-41-23-45-97-98(82)84-39-18-20-44-94(84)110-97/h1-62H. The molecular weight excluding hydrogens is 1360 g/mol. The maximum atomic E-state index is 6.96. The molecule has 0 amide bonds. The zero-order chi connectivity index (χ0) is 73.3.